The lowest BCUT2D eigenvalue weighted by atomic mass is 10.2. The van der Waals surface area contributed by atoms with E-state index in [9.17, 15) is 49.1 Å². The summed E-state index contributed by atoms with van der Waals surface area (Å²) in [6, 6.07) is 24.8. The minimum absolute atomic E-state index is 0.00901. The highest BCUT2D eigenvalue weighted by atomic mass is 33.7. The molecule has 0 bridgehead atoms. The van der Waals surface area contributed by atoms with E-state index in [2.05, 4.69) is 50.5 Å². The number of anilines is 4. The van der Waals surface area contributed by atoms with Crippen molar-refractivity contribution in [3.05, 3.63) is 96.6 Å². The van der Waals surface area contributed by atoms with Gasteiger partial charge < -0.3 is 39.4 Å². The quantitative estimate of drug-likeness (QED) is 0.0696. The lowest BCUT2D eigenvalue weighted by molar-refractivity contribution is -0.132. The average molecular weight is 1290 g/mol. The number of benzene rings is 4. The van der Waals surface area contributed by atoms with Gasteiger partial charge in [-0.25, -0.2) is 44.3 Å². The van der Waals surface area contributed by atoms with Crippen molar-refractivity contribution < 1.29 is 68.1 Å². The predicted octanol–water partition coefficient (Wildman–Crippen LogP) is 8.45. The highest BCUT2D eigenvalue weighted by molar-refractivity contribution is 9.48. The maximum absolute atomic E-state index is 14.7. The molecule has 0 saturated carbocycles. The Hall–Kier alpha value is -4.54. The lowest BCUT2D eigenvalue weighted by Crippen LogP contribution is -2.40. The van der Waals surface area contributed by atoms with Crippen molar-refractivity contribution in [3.8, 4) is 11.5 Å². The molecule has 5 aliphatic heterocycles. The van der Waals surface area contributed by atoms with Gasteiger partial charge in [0.15, 0.2) is 0 Å². The summed E-state index contributed by atoms with van der Waals surface area (Å²) in [5, 5.41) is 6.77. The van der Waals surface area contributed by atoms with Gasteiger partial charge in [0.1, 0.15) is 40.3 Å². The molecule has 0 aromatic heterocycles. The van der Waals surface area contributed by atoms with E-state index in [1.165, 1.54) is 52.7 Å². The number of thiocarbonyl (C=S) groups is 1. The zero-order valence-electron chi connectivity index (χ0n) is 43.3. The van der Waals surface area contributed by atoms with E-state index in [-0.39, 0.29) is 31.9 Å². The van der Waals surface area contributed by atoms with Crippen LogP contribution < -0.4 is 50.3 Å². The van der Waals surface area contributed by atoms with Crippen LogP contribution in [0.3, 0.4) is 0 Å². The third-order valence-corrected chi connectivity index (χ3v) is 49.1. The van der Waals surface area contributed by atoms with Crippen LogP contribution in [0.2, 0.25) is 0 Å². The second-order valence-corrected chi connectivity index (χ2v) is 45.0. The molecule has 5 heterocycles. The fourth-order valence-corrected chi connectivity index (χ4v) is 53.9. The zero-order valence-corrected chi connectivity index (χ0v) is 50.8. The van der Waals surface area contributed by atoms with E-state index < -0.39 is 88.1 Å². The van der Waals surface area contributed by atoms with Crippen molar-refractivity contribution >= 4 is 143 Å². The third kappa shape index (κ3) is 15.6. The number of cyclic esters (lactones) is 2. The maximum Gasteiger partial charge on any atom is 0.414 e. The second-order valence-electron chi connectivity index (χ2n) is 17.9. The molecule has 0 spiro atoms. The van der Waals surface area contributed by atoms with Crippen molar-refractivity contribution in [1.82, 2.24) is 10.6 Å². The number of alkyl halides is 4. The summed E-state index contributed by atoms with van der Waals surface area (Å²) in [6.07, 6.45) is -8.88. The summed E-state index contributed by atoms with van der Waals surface area (Å²) >= 11 is 20.0. The maximum atomic E-state index is 14.7. The Morgan fingerprint density at radius 3 is 1.36 bits per heavy atom. The molecule has 0 unspecified atom stereocenters. The molecule has 32 heteroatoms. The van der Waals surface area contributed by atoms with Crippen LogP contribution in [0.1, 0.15) is 0 Å². The molecule has 5 saturated heterocycles. The van der Waals surface area contributed by atoms with Crippen LogP contribution in [0.5, 0.6) is 11.5 Å². The topological polar surface area (TPSA) is 184 Å². The van der Waals surface area contributed by atoms with Crippen molar-refractivity contribution in [2.75, 3.05) is 123 Å². The van der Waals surface area contributed by atoms with Crippen LogP contribution >= 0.6 is 43.1 Å². The van der Waals surface area contributed by atoms with E-state index in [0.717, 1.165) is 11.5 Å². The van der Waals surface area contributed by atoms with Gasteiger partial charge in [0.25, 0.3) is 12.3 Å². The fourth-order valence-electron chi connectivity index (χ4n) is 8.39. The molecular formula is C48H56F6N8O9P2S7. The number of hydrogen-bond acceptors (Lipinski definition) is 18. The van der Waals surface area contributed by atoms with Crippen molar-refractivity contribution in [1.29, 1.82) is 0 Å². The summed E-state index contributed by atoms with van der Waals surface area (Å²) in [5.41, 5.74) is 1.25. The molecule has 17 nitrogen and oxygen atoms in total. The van der Waals surface area contributed by atoms with Gasteiger partial charge in [0, 0.05) is 93.4 Å². The minimum Gasteiger partial charge on any atom is -0.497 e. The zero-order chi connectivity index (χ0) is 58.2. The van der Waals surface area contributed by atoms with E-state index in [1.54, 1.807) is 42.2 Å². The van der Waals surface area contributed by atoms with E-state index in [1.807, 2.05) is 51.6 Å². The van der Waals surface area contributed by atoms with Crippen molar-refractivity contribution in [3.63, 3.8) is 0 Å². The van der Waals surface area contributed by atoms with Crippen LogP contribution in [-0.4, -0.2) is 160 Å². The summed E-state index contributed by atoms with van der Waals surface area (Å²) in [4.78, 5) is 40.4. The number of amides is 3. The number of hydrogen-bond donors (Lipinski definition) is 2. The highest BCUT2D eigenvalue weighted by Gasteiger charge is 2.46. The number of carbonyl (C=O) groups excluding carboxylic acids is 3. The first kappa shape index (κ1) is 63.0. The molecule has 4 aromatic carbocycles. The number of rotatable bonds is 14. The lowest BCUT2D eigenvalue weighted by Gasteiger charge is -2.40. The first-order chi connectivity index (χ1) is 37.9. The molecule has 436 valence electrons. The number of methoxy groups -OCH3 is 2. The molecule has 5 aliphatic rings. The number of nitrogens with one attached hydrogen (secondary N) is 2. The van der Waals surface area contributed by atoms with Gasteiger partial charge in [-0.15, -0.1) is 0 Å². The summed E-state index contributed by atoms with van der Waals surface area (Å²) in [5.74, 6) is 0.660. The van der Waals surface area contributed by atoms with Crippen LogP contribution in [0.15, 0.2) is 93.7 Å². The number of nitrogens with zero attached hydrogens (tertiary/aromatic N) is 6. The van der Waals surface area contributed by atoms with Gasteiger partial charge in [-0.05, 0) is 84.9 Å². The molecule has 2 N–H and O–H groups in total. The van der Waals surface area contributed by atoms with Gasteiger partial charge in [-0.1, -0.05) is 57.8 Å². The number of halogens is 6. The van der Waals surface area contributed by atoms with E-state index in [0.29, 0.717) is 66.3 Å². The fraction of sp³-hybridized carbons (Fsp3) is 0.417. The molecule has 9 rings (SSSR count). The Balaban J connectivity index is 0.000000175. The Labute approximate surface area is 483 Å². The number of ether oxygens (including phenoxy) is 4. The Morgan fingerprint density at radius 1 is 0.662 bits per heavy atom. The summed E-state index contributed by atoms with van der Waals surface area (Å²) < 4.78 is 128. The third-order valence-electron chi connectivity index (χ3n) is 12.9. The molecule has 5 fully saturated rings. The Kier molecular flexibility index (Phi) is 21.5. The smallest absolute Gasteiger partial charge is 0.414 e. The van der Waals surface area contributed by atoms with Crippen molar-refractivity contribution in [2.45, 2.75) is 25.1 Å². The molecular weight excluding hydrogens is 1230 g/mol. The standard InChI is InChI=1S/C17H21F3N4O4S.C17H21F3N4O3S2.C14H14O2P2S4/c1-21-29(27)6-4-23(5-7-29)14-3-2-11(8-13(14)18)24-10-12(28-17(24)26)9-22-16(25)15(19)20;1-21-29(26)6-4-23(5-7-29)14-3-2-11(8-13(14)18)24-10-12(27-17(24)25)9-22-16(28)15(19)20;1-15-11-3-7-13(8-4-11)17(19)21-18(20,22-17)14-9-5-12(16-2)6-10-14/h2-3,8,12,15H,4-7,9-10H2,1H3,(H,22,25);2-3,8,12,15H,4-7,9-10H2,1H3,(H,22,28);3-10H,1-2H3/t2*12-;/m00./s1. The van der Waals surface area contributed by atoms with Crippen molar-refractivity contribution in [2.24, 2.45) is 8.73 Å². The van der Waals surface area contributed by atoms with Gasteiger partial charge >= 0.3 is 18.6 Å². The molecule has 0 aliphatic carbocycles. The monoisotopic (exact) mass is 1290 g/mol. The molecule has 0 radical (unpaired) electrons. The molecule has 2 atom stereocenters. The normalized spacial score (nSPS) is 22.9. The van der Waals surface area contributed by atoms with Crippen LogP contribution in [-0.2, 0) is 57.3 Å². The Morgan fingerprint density at radius 2 is 1.04 bits per heavy atom. The highest BCUT2D eigenvalue weighted by Crippen LogP contribution is 3.04. The largest absolute Gasteiger partial charge is 0.497 e. The molecule has 80 heavy (non-hydrogen) atoms. The van der Waals surface area contributed by atoms with Gasteiger partial charge in [0.2, 0.25) is 0 Å². The molecule has 3 amide bonds. The minimum atomic E-state index is -3.15. The summed E-state index contributed by atoms with van der Waals surface area (Å²) in [6.45, 7) is 1.42. The Bertz CT molecular complexity index is 3050. The number of carbonyl (C=O) groups is 3. The van der Waals surface area contributed by atoms with Crippen LogP contribution in [0.25, 0.3) is 0 Å². The molecule has 4 aromatic rings. The van der Waals surface area contributed by atoms with Crippen LogP contribution in [0.4, 0.5) is 58.7 Å². The average Bonchev–Trinajstić information content (AvgIpc) is 4.11. The van der Waals surface area contributed by atoms with E-state index >= 15 is 0 Å². The van der Waals surface area contributed by atoms with E-state index in [4.69, 9.17) is 42.6 Å². The second kappa shape index (κ2) is 27.2. The first-order valence-corrected chi connectivity index (χ1v) is 38.0. The first-order valence-electron chi connectivity index (χ1n) is 24.2. The van der Waals surface area contributed by atoms with Gasteiger partial charge in [-0.3, -0.25) is 14.6 Å². The van der Waals surface area contributed by atoms with Crippen LogP contribution in [0, 0.1) is 11.6 Å². The summed E-state index contributed by atoms with van der Waals surface area (Å²) in [7, 11) is 1.97. The SMILES string of the molecule is CN=S1(=O)CCN(c2ccc(N3C[C@H](CNC(=O)C(F)F)OC3=O)cc2F)CC1.CN=S1(=O)CCN(c2ccc(N3C[C@H](CNC(=S)C(F)F)OC3=O)cc2F)CC1.COc1ccc(P2(=S)SP(=S)(c3ccc(OC)cc3)S2)cc1. The van der Waals surface area contributed by atoms with Gasteiger partial charge in [-0.2, -0.15) is 8.78 Å². The van der Waals surface area contributed by atoms with Gasteiger partial charge in [0.05, 0.1) is 72.0 Å². The predicted molar refractivity (Wildman–Crippen MR) is 320 cm³/mol.